The zero-order valence-electron chi connectivity index (χ0n) is 11.1. The average molecular weight is 369 g/mol. The number of alkyl halides is 2. The third kappa shape index (κ3) is 2.89. The van der Waals surface area contributed by atoms with Crippen molar-refractivity contribution < 1.29 is 18.3 Å². The Bertz CT molecular complexity index is 724. The number of anilines is 1. The Morgan fingerprint density at radius 3 is 2.68 bits per heavy atom. The number of para-hydroxylation sites is 1. The van der Waals surface area contributed by atoms with Gasteiger partial charge in [-0.25, -0.2) is 0 Å². The van der Waals surface area contributed by atoms with Gasteiger partial charge in [0.05, 0.1) is 5.56 Å². The number of hydrogen-bond donors (Lipinski definition) is 2. The van der Waals surface area contributed by atoms with Gasteiger partial charge in [0.1, 0.15) is 11.9 Å². The van der Waals surface area contributed by atoms with Gasteiger partial charge >= 0.3 is 6.61 Å². The minimum atomic E-state index is -2.94. The van der Waals surface area contributed by atoms with E-state index in [0.717, 1.165) is 0 Å². The molecule has 1 amide bonds. The molecule has 7 heteroatoms. The third-order valence-corrected chi connectivity index (χ3v) is 3.74. The van der Waals surface area contributed by atoms with Gasteiger partial charge in [-0.05, 0) is 30.3 Å². The molecule has 0 aromatic heterocycles. The maximum absolute atomic E-state index is 12.5. The Morgan fingerprint density at radius 1 is 1.14 bits per heavy atom. The van der Waals surface area contributed by atoms with Gasteiger partial charge in [-0.3, -0.25) is 4.79 Å². The standard InChI is InChI=1S/C15H11BrF2N2O2/c16-8-5-6-12(22-15(17)18)10(7-8)13-19-11-4-2-1-3-9(11)14(21)20-13/h1-7,13,15,19H,(H,20,21). The van der Waals surface area contributed by atoms with E-state index in [4.69, 9.17) is 0 Å². The summed E-state index contributed by atoms with van der Waals surface area (Å²) in [6.45, 7) is -2.94. The van der Waals surface area contributed by atoms with Crippen LogP contribution in [0, 0.1) is 0 Å². The Labute approximate surface area is 133 Å². The Hall–Kier alpha value is -2.15. The van der Waals surface area contributed by atoms with Gasteiger partial charge in [-0.1, -0.05) is 28.1 Å². The summed E-state index contributed by atoms with van der Waals surface area (Å²) in [6.07, 6.45) is -0.659. The normalized spacial score (nSPS) is 16.7. The van der Waals surface area contributed by atoms with E-state index in [0.29, 0.717) is 21.3 Å². The van der Waals surface area contributed by atoms with Crippen LogP contribution in [0.2, 0.25) is 0 Å². The number of carbonyl (C=O) groups is 1. The van der Waals surface area contributed by atoms with Crippen molar-refractivity contribution in [3.8, 4) is 5.75 Å². The topological polar surface area (TPSA) is 50.4 Å². The predicted octanol–water partition coefficient (Wildman–Crippen LogP) is 3.90. The highest BCUT2D eigenvalue weighted by Gasteiger charge is 2.27. The van der Waals surface area contributed by atoms with Crippen LogP contribution in [-0.4, -0.2) is 12.5 Å². The van der Waals surface area contributed by atoms with Gasteiger partial charge in [0.15, 0.2) is 0 Å². The van der Waals surface area contributed by atoms with E-state index in [2.05, 4.69) is 31.3 Å². The molecule has 2 N–H and O–H groups in total. The molecule has 1 aliphatic rings. The van der Waals surface area contributed by atoms with Crippen molar-refractivity contribution in [3.05, 3.63) is 58.1 Å². The molecule has 1 aliphatic heterocycles. The molecule has 0 aliphatic carbocycles. The molecule has 0 saturated heterocycles. The predicted molar refractivity (Wildman–Crippen MR) is 81.0 cm³/mol. The molecule has 1 unspecified atom stereocenters. The molecule has 2 aromatic carbocycles. The molecule has 1 atom stereocenters. The van der Waals surface area contributed by atoms with Crippen molar-refractivity contribution in [1.29, 1.82) is 0 Å². The second-order valence-electron chi connectivity index (χ2n) is 4.66. The minimum absolute atomic E-state index is 0.00961. The first-order chi connectivity index (χ1) is 10.5. The van der Waals surface area contributed by atoms with Crippen LogP contribution < -0.4 is 15.4 Å². The van der Waals surface area contributed by atoms with Gasteiger partial charge < -0.3 is 15.4 Å². The second kappa shape index (κ2) is 5.92. The third-order valence-electron chi connectivity index (χ3n) is 3.25. The zero-order valence-corrected chi connectivity index (χ0v) is 12.7. The van der Waals surface area contributed by atoms with Crippen LogP contribution in [-0.2, 0) is 0 Å². The maximum atomic E-state index is 12.5. The molecule has 0 saturated carbocycles. The highest BCUT2D eigenvalue weighted by Crippen LogP contribution is 2.33. The second-order valence-corrected chi connectivity index (χ2v) is 5.57. The van der Waals surface area contributed by atoms with E-state index in [1.165, 1.54) is 6.07 Å². The van der Waals surface area contributed by atoms with E-state index in [1.54, 1.807) is 36.4 Å². The lowest BCUT2D eigenvalue weighted by atomic mass is 10.1. The number of nitrogens with one attached hydrogen (secondary N) is 2. The number of fused-ring (bicyclic) bond motifs is 1. The molecule has 3 rings (SSSR count). The van der Waals surface area contributed by atoms with Crippen LogP contribution in [0.25, 0.3) is 0 Å². The van der Waals surface area contributed by atoms with Crippen molar-refractivity contribution >= 4 is 27.5 Å². The minimum Gasteiger partial charge on any atom is -0.434 e. The zero-order chi connectivity index (χ0) is 15.7. The Morgan fingerprint density at radius 2 is 1.91 bits per heavy atom. The number of amides is 1. The fourth-order valence-electron chi connectivity index (χ4n) is 2.31. The van der Waals surface area contributed by atoms with Crippen LogP contribution in [0.5, 0.6) is 5.75 Å². The molecule has 4 nitrogen and oxygen atoms in total. The Kier molecular flexibility index (Phi) is 3.98. The lowest BCUT2D eigenvalue weighted by molar-refractivity contribution is -0.0506. The van der Waals surface area contributed by atoms with E-state index in [9.17, 15) is 13.6 Å². The summed E-state index contributed by atoms with van der Waals surface area (Å²) in [5.41, 5.74) is 1.56. The summed E-state index contributed by atoms with van der Waals surface area (Å²) in [5.74, 6) is -0.266. The highest BCUT2D eigenvalue weighted by molar-refractivity contribution is 9.10. The Balaban J connectivity index is 1.98. The molecule has 22 heavy (non-hydrogen) atoms. The number of rotatable bonds is 3. The van der Waals surface area contributed by atoms with Crippen molar-refractivity contribution in [2.45, 2.75) is 12.8 Å². The lowest BCUT2D eigenvalue weighted by Gasteiger charge is -2.29. The van der Waals surface area contributed by atoms with E-state index < -0.39 is 12.8 Å². The van der Waals surface area contributed by atoms with Crippen LogP contribution in [0.4, 0.5) is 14.5 Å². The first kappa shape index (κ1) is 14.8. The van der Waals surface area contributed by atoms with Crippen LogP contribution >= 0.6 is 15.9 Å². The summed E-state index contributed by atoms with van der Waals surface area (Å²) in [6, 6.07) is 11.6. The van der Waals surface area contributed by atoms with Gasteiger partial charge in [0.2, 0.25) is 0 Å². The molecule has 2 aromatic rings. The highest BCUT2D eigenvalue weighted by atomic mass is 79.9. The summed E-state index contributed by atoms with van der Waals surface area (Å²) in [4.78, 5) is 12.1. The number of carbonyl (C=O) groups excluding carboxylic acids is 1. The molecule has 0 fully saturated rings. The SMILES string of the molecule is O=C1NC(c2cc(Br)ccc2OC(F)F)Nc2ccccc21. The van der Waals surface area contributed by atoms with Crippen molar-refractivity contribution in [1.82, 2.24) is 5.32 Å². The smallest absolute Gasteiger partial charge is 0.387 e. The monoisotopic (exact) mass is 368 g/mol. The van der Waals surface area contributed by atoms with E-state index >= 15 is 0 Å². The first-order valence-corrected chi connectivity index (χ1v) is 7.24. The van der Waals surface area contributed by atoms with Crippen molar-refractivity contribution in [3.63, 3.8) is 0 Å². The molecule has 0 spiro atoms. The summed E-state index contributed by atoms with van der Waals surface area (Å²) >= 11 is 3.29. The summed E-state index contributed by atoms with van der Waals surface area (Å²) < 4.78 is 30.3. The molecule has 0 bridgehead atoms. The van der Waals surface area contributed by atoms with Crippen LogP contribution in [0.3, 0.4) is 0 Å². The van der Waals surface area contributed by atoms with Crippen molar-refractivity contribution in [2.75, 3.05) is 5.32 Å². The number of ether oxygens (including phenoxy) is 1. The van der Waals surface area contributed by atoms with Crippen LogP contribution in [0.15, 0.2) is 46.9 Å². The average Bonchev–Trinajstić information content (AvgIpc) is 2.48. The number of benzene rings is 2. The van der Waals surface area contributed by atoms with E-state index in [-0.39, 0.29) is 11.7 Å². The molecule has 114 valence electrons. The fourth-order valence-corrected chi connectivity index (χ4v) is 2.69. The van der Waals surface area contributed by atoms with Gasteiger partial charge in [0.25, 0.3) is 5.91 Å². The van der Waals surface area contributed by atoms with Crippen molar-refractivity contribution in [2.24, 2.45) is 0 Å². The largest absolute Gasteiger partial charge is 0.434 e. The summed E-state index contributed by atoms with van der Waals surface area (Å²) in [7, 11) is 0. The van der Waals surface area contributed by atoms with Crippen LogP contribution in [0.1, 0.15) is 22.1 Å². The van der Waals surface area contributed by atoms with Gasteiger partial charge in [0, 0.05) is 15.7 Å². The molecule has 1 heterocycles. The van der Waals surface area contributed by atoms with Gasteiger partial charge in [-0.15, -0.1) is 0 Å². The lowest BCUT2D eigenvalue weighted by Crippen LogP contribution is -2.38. The molecular formula is C15H11BrF2N2O2. The summed E-state index contributed by atoms with van der Waals surface area (Å²) in [5, 5.41) is 5.84. The fraction of sp³-hybridized carbons (Fsp3) is 0.133. The molecular weight excluding hydrogens is 358 g/mol. The van der Waals surface area contributed by atoms with E-state index in [1.807, 2.05) is 0 Å². The number of hydrogen-bond acceptors (Lipinski definition) is 3. The molecule has 0 radical (unpaired) electrons. The maximum Gasteiger partial charge on any atom is 0.387 e. The quantitative estimate of drug-likeness (QED) is 0.863. The van der Waals surface area contributed by atoms with Gasteiger partial charge in [-0.2, -0.15) is 8.78 Å². The first-order valence-electron chi connectivity index (χ1n) is 6.45. The number of halogens is 3.